The van der Waals surface area contributed by atoms with Crippen LogP contribution >= 0.6 is 12.2 Å². The van der Waals surface area contributed by atoms with Gasteiger partial charge < -0.3 is 14.8 Å². The minimum Gasteiger partial charge on any atom is -0.459 e. The second-order valence-electron chi connectivity index (χ2n) is 6.89. The first-order valence-corrected chi connectivity index (χ1v) is 9.86. The minimum atomic E-state index is -0.267. The summed E-state index contributed by atoms with van der Waals surface area (Å²) in [7, 11) is 0. The van der Waals surface area contributed by atoms with Crippen LogP contribution in [0, 0.1) is 6.92 Å². The van der Waals surface area contributed by atoms with Crippen LogP contribution in [0.15, 0.2) is 77.2 Å². The SMILES string of the molecule is Cc1ccc(-c2ccc(CO)o2)cc1NC(=S)NC(=O)c1cccc2ccccc12. The summed E-state index contributed by atoms with van der Waals surface area (Å²) in [5, 5.41) is 17.1. The molecule has 6 heteroatoms. The maximum Gasteiger partial charge on any atom is 0.258 e. The van der Waals surface area contributed by atoms with Crippen molar-refractivity contribution in [2.45, 2.75) is 13.5 Å². The number of carbonyl (C=O) groups excluding carboxylic acids is 1. The fourth-order valence-electron chi connectivity index (χ4n) is 3.28. The highest BCUT2D eigenvalue weighted by atomic mass is 32.1. The van der Waals surface area contributed by atoms with E-state index in [0.29, 0.717) is 17.1 Å². The van der Waals surface area contributed by atoms with E-state index in [1.165, 1.54) is 0 Å². The molecule has 0 aliphatic heterocycles. The summed E-state index contributed by atoms with van der Waals surface area (Å²) in [4.78, 5) is 12.8. The number of thiocarbonyl (C=S) groups is 1. The molecule has 4 aromatic rings. The molecule has 0 radical (unpaired) electrons. The number of aliphatic hydroxyl groups is 1. The van der Waals surface area contributed by atoms with E-state index in [9.17, 15) is 9.90 Å². The summed E-state index contributed by atoms with van der Waals surface area (Å²) in [5.41, 5.74) is 3.13. The van der Waals surface area contributed by atoms with Crippen LogP contribution in [0.2, 0.25) is 0 Å². The molecule has 0 spiro atoms. The van der Waals surface area contributed by atoms with Gasteiger partial charge in [0.25, 0.3) is 5.91 Å². The number of aryl methyl sites for hydroxylation is 1. The molecule has 4 rings (SSSR count). The highest BCUT2D eigenvalue weighted by Crippen LogP contribution is 2.27. The molecule has 0 saturated carbocycles. The van der Waals surface area contributed by atoms with Crippen molar-refractivity contribution in [2.24, 2.45) is 0 Å². The predicted octanol–water partition coefficient (Wildman–Crippen LogP) is 5.03. The Morgan fingerprint density at radius 1 is 1.03 bits per heavy atom. The first-order chi connectivity index (χ1) is 14.5. The number of hydrogen-bond acceptors (Lipinski definition) is 4. The summed E-state index contributed by atoms with van der Waals surface area (Å²) < 4.78 is 5.60. The van der Waals surface area contributed by atoms with Gasteiger partial charge in [-0.1, -0.05) is 48.5 Å². The van der Waals surface area contributed by atoms with Crippen LogP contribution in [-0.4, -0.2) is 16.1 Å². The second kappa shape index (κ2) is 8.49. The Bertz CT molecular complexity index is 1240. The number of hydrogen-bond donors (Lipinski definition) is 3. The number of rotatable bonds is 4. The topological polar surface area (TPSA) is 74.5 Å². The zero-order valence-electron chi connectivity index (χ0n) is 16.3. The van der Waals surface area contributed by atoms with Crippen molar-refractivity contribution < 1.29 is 14.3 Å². The fourth-order valence-corrected chi connectivity index (χ4v) is 3.48. The quantitative estimate of drug-likeness (QED) is 0.407. The van der Waals surface area contributed by atoms with E-state index in [1.807, 2.05) is 61.5 Å². The Labute approximate surface area is 179 Å². The lowest BCUT2D eigenvalue weighted by atomic mass is 10.0. The monoisotopic (exact) mass is 416 g/mol. The van der Waals surface area contributed by atoms with E-state index in [1.54, 1.807) is 18.2 Å². The molecule has 1 amide bonds. The van der Waals surface area contributed by atoms with E-state index in [2.05, 4.69) is 10.6 Å². The van der Waals surface area contributed by atoms with Crippen molar-refractivity contribution in [2.75, 3.05) is 5.32 Å². The van der Waals surface area contributed by atoms with Crippen molar-refractivity contribution >= 4 is 39.7 Å². The average Bonchev–Trinajstić information content (AvgIpc) is 3.24. The Balaban J connectivity index is 1.52. The van der Waals surface area contributed by atoms with Gasteiger partial charge in [0.2, 0.25) is 0 Å². The Morgan fingerprint density at radius 3 is 2.63 bits per heavy atom. The number of amides is 1. The summed E-state index contributed by atoms with van der Waals surface area (Å²) in [6, 6.07) is 22.6. The molecule has 3 N–H and O–H groups in total. The zero-order chi connectivity index (χ0) is 21.1. The number of carbonyl (C=O) groups is 1. The maximum absolute atomic E-state index is 12.8. The Kier molecular flexibility index (Phi) is 5.61. The molecule has 0 unspecified atom stereocenters. The van der Waals surface area contributed by atoms with Gasteiger partial charge >= 0.3 is 0 Å². The third-order valence-corrected chi connectivity index (χ3v) is 5.05. The van der Waals surface area contributed by atoms with E-state index in [-0.39, 0.29) is 17.6 Å². The van der Waals surface area contributed by atoms with Crippen LogP contribution in [0.25, 0.3) is 22.1 Å². The first-order valence-electron chi connectivity index (χ1n) is 9.46. The molecule has 5 nitrogen and oxygen atoms in total. The largest absolute Gasteiger partial charge is 0.459 e. The van der Waals surface area contributed by atoms with Crippen molar-refractivity contribution in [3.05, 3.63) is 89.7 Å². The Hall–Kier alpha value is -3.48. The molecule has 1 aromatic heterocycles. The van der Waals surface area contributed by atoms with Gasteiger partial charge in [-0.3, -0.25) is 10.1 Å². The number of fused-ring (bicyclic) bond motifs is 1. The van der Waals surface area contributed by atoms with Crippen molar-refractivity contribution in [3.63, 3.8) is 0 Å². The number of benzene rings is 3. The first kappa shape index (κ1) is 19.8. The average molecular weight is 417 g/mol. The molecule has 3 aromatic carbocycles. The van der Waals surface area contributed by atoms with Crippen LogP contribution in [0.1, 0.15) is 21.7 Å². The molecule has 0 bridgehead atoms. The predicted molar refractivity (Wildman–Crippen MR) is 122 cm³/mol. The van der Waals surface area contributed by atoms with Gasteiger partial charge in [0.05, 0.1) is 0 Å². The van der Waals surface area contributed by atoms with Crippen LogP contribution < -0.4 is 10.6 Å². The Morgan fingerprint density at radius 2 is 1.83 bits per heavy atom. The van der Waals surface area contributed by atoms with Gasteiger partial charge in [-0.05, 0) is 59.7 Å². The van der Waals surface area contributed by atoms with Gasteiger partial charge in [0, 0.05) is 16.8 Å². The van der Waals surface area contributed by atoms with Crippen LogP contribution in [0.3, 0.4) is 0 Å². The van der Waals surface area contributed by atoms with Crippen molar-refractivity contribution in [3.8, 4) is 11.3 Å². The van der Waals surface area contributed by atoms with Gasteiger partial charge in [-0.2, -0.15) is 0 Å². The molecule has 0 saturated heterocycles. The summed E-state index contributed by atoms with van der Waals surface area (Å²) in [5.74, 6) is 0.877. The third kappa shape index (κ3) is 4.10. The van der Waals surface area contributed by atoms with Crippen molar-refractivity contribution in [1.29, 1.82) is 0 Å². The molecule has 0 aliphatic carbocycles. The van der Waals surface area contributed by atoms with E-state index in [4.69, 9.17) is 16.6 Å². The lowest BCUT2D eigenvalue weighted by Crippen LogP contribution is -2.34. The molecular weight excluding hydrogens is 396 g/mol. The zero-order valence-corrected chi connectivity index (χ0v) is 17.1. The number of nitrogens with one attached hydrogen (secondary N) is 2. The van der Waals surface area contributed by atoms with E-state index in [0.717, 1.165) is 27.6 Å². The lowest BCUT2D eigenvalue weighted by Gasteiger charge is -2.13. The van der Waals surface area contributed by atoms with Gasteiger partial charge in [-0.15, -0.1) is 0 Å². The number of anilines is 1. The molecule has 0 aliphatic rings. The molecule has 30 heavy (non-hydrogen) atoms. The highest BCUT2D eigenvalue weighted by Gasteiger charge is 2.13. The number of furan rings is 1. The summed E-state index contributed by atoms with van der Waals surface area (Å²) in [6.07, 6.45) is 0. The molecular formula is C24H20N2O3S. The standard InChI is InChI=1S/C24H20N2O3S/c1-15-9-10-17(22-12-11-18(14-27)29-22)13-21(15)25-24(30)26-23(28)20-8-4-6-16-5-2-3-7-19(16)20/h2-13,27H,14H2,1H3,(H2,25,26,28,30). The highest BCUT2D eigenvalue weighted by molar-refractivity contribution is 7.80. The molecule has 0 atom stereocenters. The smallest absolute Gasteiger partial charge is 0.258 e. The third-order valence-electron chi connectivity index (χ3n) is 4.85. The van der Waals surface area contributed by atoms with Crippen LogP contribution in [-0.2, 0) is 6.61 Å². The second-order valence-corrected chi connectivity index (χ2v) is 7.30. The normalized spacial score (nSPS) is 10.7. The number of aliphatic hydroxyl groups excluding tert-OH is 1. The van der Waals surface area contributed by atoms with E-state index < -0.39 is 0 Å². The lowest BCUT2D eigenvalue weighted by molar-refractivity contribution is 0.0979. The van der Waals surface area contributed by atoms with E-state index >= 15 is 0 Å². The molecule has 0 fully saturated rings. The minimum absolute atomic E-state index is 0.152. The molecule has 150 valence electrons. The van der Waals surface area contributed by atoms with Crippen LogP contribution in [0.4, 0.5) is 5.69 Å². The van der Waals surface area contributed by atoms with Gasteiger partial charge in [0.1, 0.15) is 18.1 Å². The maximum atomic E-state index is 12.8. The summed E-state index contributed by atoms with van der Waals surface area (Å²) >= 11 is 5.38. The van der Waals surface area contributed by atoms with Crippen molar-refractivity contribution in [1.82, 2.24) is 5.32 Å². The summed E-state index contributed by atoms with van der Waals surface area (Å²) in [6.45, 7) is 1.80. The van der Waals surface area contributed by atoms with Crippen LogP contribution in [0.5, 0.6) is 0 Å². The van der Waals surface area contributed by atoms with Gasteiger partial charge in [0.15, 0.2) is 5.11 Å². The van der Waals surface area contributed by atoms with Gasteiger partial charge in [-0.25, -0.2) is 0 Å². The fraction of sp³-hybridized carbons (Fsp3) is 0.0833. The molecule has 1 heterocycles.